The van der Waals surface area contributed by atoms with E-state index in [9.17, 15) is 27.6 Å². The fourth-order valence-electron chi connectivity index (χ4n) is 6.97. The summed E-state index contributed by atoms with van der Waals surface area (Å²) in [5.74, 6) is 0.0983. The van der Waals surface area contributed by atoms with Crippen LogP contribution in [0.2, 0.25) is 5.02 Å². The van der Waals surface area contributed by atoms with Crippen molar-refractivity contribution < 1.29 is 27.6 Å². The molecule has 1 aromatic rings. The summed E-state index contributed by atoms with van der Waals surface area (Å²) in [7, 11) is 0. The van der Waals surface area contributed by atoms with Gasteiger partial charge >= 0.3 is 6.18 Å². The van der Waals surface area contributed by atoms with Gasteiger partial charge in [0.25, 0.3) is 0 Å². The van der Waals surface area contributed by atoms with E-state index in [2.05, 4.69) is 17.5 Å². The van der Waals surface area contributed by atoms with Crippen molar-refractivity contribution in [1.82, 2.24) is 4.90 Å². The second-order valence-electron chi connectivity index (χ2n) is 10.4. The first-order valence-electron chi connectivity index (χ1n) is 11.9. The highest BCUT2D eigenvalue weighted by Gasteiger charge is 2.67. The average molecular weight is 493 g/mol. The Kier molecular flexibility index (Phi) is 4.93. The molecule has 3 amide bonds. The molecule has 7 rings (SSSR count). The smallest absolute Gasteiger partial charge is 0.325 e. The van der Waals surface area contributed by atoms with Crippen molar-refractivity contribution >= 4 is 35.0 Å². The van der Waals surface area contributed by atoms with Crippen LogP contribution in [-0.4, -0.2) is 28.7 Å². The summed E-state index contributed by atoms with van der Waals surface area (Å²) in [5.41, 5.74) is -0.955. The summed E-state index contributed by atoms with van der Waals surface area (Å²) in [5, 5.41) is 2.57. The number of halogens is 4. The molecule has 180 valence electrons. The van der Waals surface area contributed by atoms with Crippen LogP contribution in [0.15, 0.2) is 30.4 Å². The average Bonchev–Trinajstić information content (AvgIpc) is 3.58. The normalized spacial score (nSPS) is 38.1. The number of benzene rings is 1. The van der Waals surface area contributed by atoms with Crippen LogP contribution in [0.4, 0.5) is 18.9 Å². The molecule has 1 aromatic carbocycles. The number of carbonyl (C=O) groups excluding carboxylic acids is 3. The van der Waals surface area contributed by atoms with E-state index in [4.69, 9.17) is 11.6 Å². The van der Waals surface area contributed by atoms with Gasteiger partial charge in [0, 0.05) is 12.0 Å². The van der Waals surface area contributed by atoms with E-state index in [1.54, 1.807) is 0 Å². The van der Waals surface area contributed by atoms with Crippen molar-refractivity contribution in [2.45, 2.75) is 44.3 Å². The number of allylic oxidation sites excluding steroid dienone is 2. The minimum Gasteiger partial charge on any atom is -0.325 e. The van der Waals surface area contributed by atoms with Gasteiger partial charge in [-0.2, -0.15) is 13.2 Å². The Labute approximate surface area is 199 Å². The number of rotatable bonds is 3. The van der Waals surface area contributed by atoms with Crippen LogP contribution in [0.3, 0.4) is 0 Å². The third-order valence-corrected chi connectivity index (χ3v) is 9.01. The first-order chi connectivity index (χ1) is 16.1. The van der Waals surface area contributed by atoms with Gasteiger partial charge < -0.3 is 5.32 Å². The maximum Gasteiger partial charge on any atom is 0.416 e. The Morgan fingerprint density at radius 2 is 1.56 bits per heavy atom. The topological polar surface area (TPSA) is 66.5 Å². The van der Waals surface area contributed by atoms with Crippen LogP contribution in [0.25, 0.3) is 0 Å². The predicted octanol–water partition coefficient (Wildman–Crippen LogP) is 4.91. The molecule has 1 heterocycles. The molecule has 1 aliphatic heterocycles. The molecule has 2 bridgehead atoms. The van der Waals surface area contributed by atoms with E-state index >= 15 is 0 Å². The van der Waals surface area contributed by atoms with E-state index in [1.807, 2.05) is 0 Å². The quantitative estimate of drug-likeness (QED) is 0.481. The Hall–Kier alpha value is -2.35. The summed E-state index contributed by atoms with van der Waals surface area (Å²) in [6, 6.07) is 2.60. The van der Waals surface area contributed by atoms with E-state index in [-0.39, 0.29) is 52.2 Å². The standard InChI is InChI=1S/C25H24ClF3N2O3/c26-18-8-3-12(25(27,28)29)9-19(18)30-22(32)11-1-4-13(5-2-11)31-23(33)20-14-6-7-15(17-10-16(14)17)21(20)24(31)34/h3,6-9,11,13-17,20-21H,1-2,4-5,10H2,(H,30,32)/t11?,13?,14-,15+,16-,17-,20+,21-/m0/s1. The van der Waals surface area contributed by atoms with Crippen molar-refractivity contribution in [2.24, 2.45) is 41.4 Å². The van der Waals surface area contributed by atoms with Crippen molar-refractivity contribution in [1.29, 1.82) is 0 Å². The van der Waals surface area contributed by atoms with E-state index in [0.29, 0.717) is 37.5 Å². The zero-order valence-corrected chi connectivity index (χ0v) is 19.0. The highest BCUT2D eigenvalue weighted by molar-refractivity contribution is 6.33. The number of imide groups is 1. The number of alkyl halides is 3. The van der Waals surface area contributed by atoms with Gasteiger partial charge in [0.1, 0.15) is 0 Å². The van der Waals surface area contributed by atoms with Crippen molar-refractivity contribution in [3.8, 4) is 0 Å². The Bertz CT molecular complexity index is 1080. The lowest BCUT2D eigenvalue weighted by Gasteiger charge is -2.37. The van der Waals surface area contributed by atoms with Crippen LogP contribution in [0.1, 0.15) is 37.7 Å². The molecular formula is C25H24ClF3N2O3. The first-order valence-corrected chi connectivity index (χ1v) is 12.3. The monoisotopic (exact) mass is 492 g/mol. The Morgan fingerprint density at radius 3 is 2.12 bits per heavy atom. The fourth-order valence-corrected chi connectivity index (χ4v) is 7.13. The molecule has 6 aliphatic rings. The largest absolute Gasteiger partial charge is 0.416 e. The molecule has 0 spiro atoms. The molecular weight excluding hydrogens is 469 g/mol. The SMILES string of the molecule is O=C(Nc1cc(C(F)(F)F)ccc1Cl)C1CCC(N2C(=O)[C@@H]3[C@H]4C=C[C@H]([C@@H]5C[C@@H]45)[C@@H]3C2=O)CC1. The fraction of sp³-hybridized carbons (Fsp3) is 0.560. The van der Waals surface area contributed by atoms with E-state index in [1.165, 1.54) is 4.90 Å². The lowest BCUT2D eigenvalue weighted by molar-refractivity contribution is -0.144. The summed E-state index contributed by atoms with van der Waals surface area (Å²) >= 11 is 6.00. The van der Waals surface area contributed by atoms with Gasteiger partial charge in [-0.1, -0.05) is 23.8 Å². The van der Waals surface area contributed by atoms with E-state index < -0.39 is 23.6 Å². The van der Waals surface area contributed by atoms with Crippen LogP contribution in [-0.2, 0) is 20.6 Å². The highest BCUT2D eigenvalue weighted by atomic mass is 35.5. The Morgan fingerprint density at radius 1 is 0.971 bits per heavy atom. The van der Waals surface area contributed by atoms with Gasteiger partial charge in [0.15, 0.2) is 0 Å². The molecule has 3 saturated carbocycles. The summed E-state index contributed by atoms with van der Waals surface area (Å²) in [6.07, 6.45) is 2.81. The third kappa shape index (κ3) is 3.32. The number of carbonyl (C=O) groups is 3. The van der Waals surface area contributed by atoms with Gasteiger partial charge in [0.2, 0.25) is 17.7 Å². The number of amides is 3. The summed E-state index contributed by atoms with van der Waals surface area (Å²) in [4.78, 5) is 40.9. The van der Waals surface area contributed by atoms with Crippen molar-refractivity contribution in [3.05, 3.63) is 40.9 Å². The Balaban J connectivity index is 1.11. The highest BCUT2D eigenvalue weighted by Crippen LogP contribution is 2.65. The van der Waals surface area contributed by atoms with Crippen LogP contribution in [0, 0.1) is 41.4 Å². The number of hydrogen-bond acceptors (Lipinski definition) is 3. The van der Waals surface area contributed by atoms with Crippen LogP contribution < -0.4 is 5.32 Å². The van der Waals surface area contributed by atoms with Gasteiger partial charge in [0.05, 0.1) is 28.1 Å². The van der Waals surface area contributed by atoms with Crippen LogP contribution in [0.5, 0.6) is 0 Å². The number of likely N-dealkylation sites (tertiary alicyclic amines) is 1. The number of nitrogens with one attached hydrogen (secondary N) is 1. The van der Waals surface area contributed by atoms with Gasteiger partial charge in [-0.05, 0) is 74.0 Å². The molecule has 1 saturated heterocycles. The molecule has 5 aliphatic carbocycles. The maximum atomic E-state index is 13.3. The van der Waals surface area contributed by atoms with Gasteiger partial charge in [-0.15, -0.1) is 0 Å². The molecule has 34 heavy (non-hydrogen) atoms. The minimum atomic E-state index is -4.54. The molecule has 1 N–H and O–H groups in total. The second-order valence-corrected chi connectivity index (χ2v) is 10.8. The zero-order valence-electron chi connectivity index (χ0n) is 18.2. The van der Waals surface area contributed by atoms with Crippen molar-refractivity contribution in [3.63, 3.8) is 0 Å². The van der Waals surface area contributed by atoms with Gasteiger partial charge in [-0.25, -0.2) is 0 Å². The molecule has 0 radical (unpaired) electrons. The first kappa shape index (κ1) is 22.1. The lowest BCUT2D eigenvalue weighted by Crippen LogP contribution is -2.44. The van der Waals surface area contributed by atoms with E-state index in [0.717, 1.165) is 24.6 Å². The molecule has 4 fully saturated rings. The minimum absolute atomic E-state index is 0.0344. The zero-order chi connectivity index (χ0) is 23.9. The second kappa shape index (κ2) is 7.57. The number of anilines is 1. The predicted molar refractivity (Wildman–Crippen MR) is 117 cm³/mol. The summed E-state index contributed by atoms with van der Waals surface area (Å²) in [6.45, 7) is 0. The number of nitrogens with zero attached hydrogens (tertiary/aromatic N) is 1. The van der Waals surface area contributed by atoms with Crippen LogP contribution >= 0.6 is 11.6 Å². The maximum absolute atomic E-state index is 13.3. The molecule has 5 nitrogen and oxygen atoms in total. The molecule has 0 aromatic heterocycles. The molecule has 0 unspecified atom stereocenters. The number of hydrogen-bond donors (Lipinski definition) is 1. The molecule has 6 atom stereocenters. The summed E-state index contributed by atoms with van der Waals surface area (Å²) < 4.78 is 39.0. The third-order valence-electron chi connectivity index (χ3n) is 8.68. The lowest BCUT2D eigenvalue weighted by atomic mass is 9.63. The molecule has 9 heteroatoms. The van der Waals surface area contributed by atoms with Crippen molar-refractivity contribution in [2.75, 3.05) is 5.32 Å². The van der Waals surface area contributed by atoms with Gasteiger partial charge in [-0.3, -0.25) is 19.3 Å².